The van der Waals surface area contributed by atoms with Gasteiger partial charge in [-0.3, -0.25) is 9.88 Å². The van der Waals surface area contributed by atoms with E-state index in [0.717, 1.165) is 56.8 Å². The Kier molecular flexibility index (Phi) is 8.09. The molecule has 0 unspecified atom stereocenters. The largest absolute Gasteiger partial charge is 0.465 e. The van der Waals surface area contributed by atoms with Crippen molar-refractivity contribution in [2.24, 2.45) is 0 Å². The molecule has 1 aliphatic heterocycles. The van der Waals surface area contributed by atoms with Gasteiger partial charge in [-0.1, -0.05) is 30.3 Å². The maximum atomic E-state index is 13.4. The number of carbonyl (C=O) groups excluding carboxylic acids is 1. The first-order valence-corrected chi connectivity index (χ1v) is 13.0. The van der Waals surface area contributed by atoms with E-state index >= 15 is 0 Å². The number of nitrogens with zero attached hydrogens (tertiary/aromatic N) is 5. The second kappa shape index (κ2) is 12.0. The number of para-hydroxylation sites is 1. The van der Waals surface area contributed by atoms with Gasteiger partial charge in [0.15, 0.2) is 5.82 Å². The molecule has 3 heterocycles. The number of imidazole rings is 1. The Morgan fingerprint density at radius 3 is 2.61 bits per heavy atom. The lowest BCUT2D eigenvalue weighted by molar-refractivity contribution is 0.0600. The SMILES string of the molecule is COC(=O)c1ccnc(-c2nc(CN3CCCN(c4ccccc4)CC3)cn2CCc2ccc(F)cc2)c1. The van der Waals surface area contributed by atoms with Crippen molar-refractivity contribution in [3.05, 3.63) is 102 Å². The van der Waals surface area contributed by atoms with E-state index < -0.39 is 5.97 Å². The fourth-order valence-electron chi connectivity index (χ4n) is 4.87. The van der Waals surface area contributed by atoms with Crippen molar-refractivity contribution in [2.45, 2.75) is 25.9 Å². The Balaban J connectivity index is 1.35. The van der Waals surface area contributed by atoms with Crippen molar-refractivity contribution in [2.75, 3.05) is 38.2 Å². The third-order valence-electron chi connectivity index (χ3n) is 6.89. The van der Waals surface area contributed by atoms with Gasteiger partial charge in [0.2, 0.25) is 0 Å². The van der Waals surface area contributed by atoms with Gasteiger partial charge in [0, 0.05) is 57.3 Å². The Bertz CT molecular complexity index is 1360. The van der Waals surface area contributed by atoms with Gasteiger partial charge in [-0.15, -0.1) is 0 Å². The highest BCUT2D eigenvalue weighted by molar-refractivity contribution is 5.90. The van der Waals surface area contributed by atoms with E-state index in [4.69, 9.17) is 9.72 Å². The molecule has 4 aromatic rings. The molecule has 0 saturated carbocycles. The molecule has 196 valence electrons. The van der Waals surface area contributed by atoms with Crippen molar-refractivity contribution in [3.8, 4) is 11.5 Å². The molecule has 1 aliphatic rings. The van der Waals surface area contributed by atoms with Gasteiger partial charge < -0.3 is 14.2 Å². The fourth-order valence-corrected chi connectivity index (χ4v) is 4.87. The summed E-state index contributed by atoms with van der Waals surface area (Å²) in [5.74, 6) is 0.0471. The molecule has 1 fully saturated rings. The van der Waals surface area contributed by atoms with Crippen LogP contribution in [0.15, 0.2) is 79.1 Å². The van der Waals surface area contributed by atoms with Crippen LogP contribution in [-0.4, -0.2) is 58.7 Å². The van der Waals surface area contributed by atoms with Gasteiger partial charge in [0.05, 0.1) is 18.4 Å². The molecule has 0 bridgehead atoms. The van der Waals surface area contributed by atoms with Gasteiger partial charge in [-0.25, -0.2) is 14.2 Å². The van der Waals surface area contributed by atoms with E-state index in [1.807, 2.05) is 6.07 Å². The molecule has 0 aliphatic carbocycles. The Hall–Kier alpha value is -4.04. The summed E-state index contributed by atoms with van der Waals surface area (Å²) in [6.07, 6.45) is 5.48. The summed E-state index contributed by atoms with van der Waals surface area (Å²) in [5.41, 5.74) is 4.30. The lowest BCUT2D eigenvalue weighted by Gasteiger charge is -2.23. The zero-order valence-electron chi connectivity index (χ0n) is 21.6. The number of carbonyl (C=O) groups is 1. The van der Waals surface area contributed by atoms with Gasteiger partial charge in [-0.05, 0) is 54.8 Å². The lowest BCUT2D eigenvalue weighted by Crippen LogP contribution is -2.30. The van der Waals surface area contributed by atoms with Gasteiger partial charge in [-0.2, -0.15) is 0 Å². The molecule has 0 amide bonds. The highest BCUT2D eigenvalue weighted by atomic mass is 19.1. The molecule has 8 heteroatoms. The highest BCUT2D eigenvalue weighted by Crippen LogP contribution is 2.22. The Morgan fingerprint density at radius 2 is 1.82 bits per heavy atom. The van der Waals surface area contributed by atoms with Crippen LogP contribution in [0.5, 0.6) is 0 Å². The summed E-state index contributed by atoms with van der Waals surface area (Å²) in [6.45, 7) is 5.32. The number of aromatic nitrogens is 3. The second-order valence-electron chi connectivity index (χ2n) is 9.50. The molecule has 0 atom stereocenters. The third kappa shape index (κ3) is 6.26. The van der Waals surface area contributed by atoms with E-state index in [9.17, 15) is 9.18 Å². The minimum absolute atomic E-state index is 0.244. The molecule has 2 aromatic heterocycles. The average molecular weight is 514 g/mol. The minimum Gasteiger partial charge on any atom is -0.465 e. The van der Waals surface area contributed by atoms with Crippen LogP contribution >= 0.6 is 0 Å². The number of hydrogen-bond acceptors (Lipinski definition) is 6. The summed E-state index contributed by atoms with van der Waals surface area (Å²) >= 11 is 0. The molecule has 5 rings (SSSR count). The van der Waals surface area contributed by atoms with Gasteiger partial charge in [0.1, 0.15) is 11.5 Å². The molecule has 2 aromatic carbocycles. The second-order valence-corrected chi connectivity index (χ2v) is 9.50. The van der Waals surface area contributed by atoms with Crippen molar-refractivity contribution >= 4 is 11.7 Å². The van der Waals surface area contributed by atoms with E-state index in [0.29, 0.717) is 23.6 Å². The summed E-state index contributed by atoms with van der Waals surface area (Å²) in [6, 6.07) is 20.5. The summed E-state index contributed by atoms with van der Waals surface area (Å²) in [4.78, 5) is 26.5. The predicted molar refractivity (Wildman–Crippen MR) is 145 cm³/mol. The number of halogens is 1. The number of benzene rings is 2. The topological polar surface area (TPSA) is 63.5 Å². The van der Waals surface area contributed by atoms with Crippen LogP contribution in [0.4, 0.5) is 10.1 Å². The molecule has 0 spiro atoms. The highest BCUT2D eigenvalue weighted by Gasteiger charge is 2.19. The van der Waals surface area contributed by atoms with Crippen LogP contribution in [0.3, 0.4) is 0 Å². The van der Waals surface area contributed by atoms with E-state index in [1.54, 1.807) is 30.5 Å². The molecular weight excluding hydrogens is 481 g/mol. The minimum atomic E-state index is -0.411. The number of anilines is 1. The quantitative estimate of drug-likeness (QED) is 0.315. The summed E-state index contributed by atoms with van der Waals surface area (Å²) in [5, 5.41) is 0. The van der Waals surface area contributed by atoms with Gasteiger partial charge in [0.25, 0.3) is 0 Å². The first-order valence-electron chi connectivity index (χ1n) is 13.0. The predicted octanol–water partition coefficient (Wildman–Crippen LogP) is 4.83. The number of rotatable bonds is 8. The molecular formula is C30H32FN5O2. The summed E-state index contributed by atoms with van der Waals surface area (Å²) < 4.78 is 20.3. The number of esters is 1. The van der Waals surface area contributed by atoms with E-state index in [1.165, 1.54) is 24.9 Å². The normalized spacial score (nSPS) is 14.3. The standard InChI is InChI=1S/C30H32FN5O2/c1-38-30(37)24-12-14-32-28(20-24)29-33-26(22-36(29)17-13-23-8-10-25(31)11-9-23)21-34-15-5-16-35(19-18-34)27-6-3-2-4-7-27/h2-4,6-12,14,20,22H,5,13,15-19,21H2,1H3. The van der Waals surface area contributed by atoms with Crippen LogP contribution < -0.4 is 4.90 Å². The first-order chi connectivity index (χ1) is 18.6. The van der Waals surface area contributed by atoms with Crippen molar-refractivity contribution in [1.29, 1.82) is 0 Å². The van der Waals surface area contributed by atoms with Crippen LogP contribution in [0.25, 0.3) is 11.5 Å². The molecule has 7 nitrogen and oxygen atoms in total. The molecule has 1 saturated heterocycles. The lowest BCUT2D eigenvalue weighted by atomic mass is 10.1. The van der Waals surface area contributed by atoms with Crippen LogP contribution in [0.2, 0.25) is 0 Å². The number of ether oxygens (including phenoxy) is 1. The van der Waals surface area contributed by atoms with Crippen LogP contribution in [0, 0.1) is 5.82 Å². The molecule has 0 radical (unpaired) electrons. The first kappa shape index (κ1) is 25.6. The van der Waals surface area contributed by atoms with Crippen molar-refractivity contribution < 1.29 is 13.9 Å². The van der Waals surface area contributed by atoms with E-state index in [-0.39, 0.29) is 5.82 Å². The Labute approximate surface area is 222 Å². The Morgan fingerprint density at radius 1 is 1.00 bits per heavy atom. The summed E-state index contributed by atoms with van der Waals surface area (Å²) in [7, 11) is 1.37. The monoisotopic (exact) mass is 513 g/mol. The number of hydrogen-bond donors (Lipinski definition) is 0. The number of methoxy groups -OCH3 is 1. The number of pyridine rings is 1. The number of aryl methyl sites for hydroxylation is 2. The maximum Gasteiger partial charge on any atom is 0.337 e. The zero-order chi connectivity index (χ0) is 26.3. The third-order valence-corrected chi connectivity index (χ3v) is 6.89. The van der Waals surface area contributed by atoms with Crippen LogP contribution in [0.1, 0.15) is 28.0 Å². The molecule has 0 N–H and O–H groups in total. The maximum absolute atomic E-state index is 13.4. The fraction of sp³-hybridized carbons (Fsp3) is 0.300. The zero-order valence-corrected chi connectivity index (χ0v) is 21.6. The van der Waals surface area contributed by atoms with E-state index in [2.05, 4.69) is 49.8 Å². The smallest absolute Gasteiger partial charge is 0.337 e. The van der Waals surface area contributed by atoms with Gasteiger partial charge >= 0.3 is 5.97 Å². The molecule has 38 heavy (non-hydrogen) atoms. The van der Waals surface area contributed by atoms with Crippen molar-refractivity contribution in [3.63, 3.8) is 0 Å². The average Bonchev–Trinajstić information content (AvgIpc) is 3.21. The van der Waals surface area contributed by atoms with Crippen molar-refractivity contribution in [1.82, 2.24) is 19.4 Å². The van der Waals surface area contributed by atoms with Crippen LogP contribution in [-0.2, 0) is 24.2 Å².